The Kier molecular flexibility index (Phi) is 4.68. The van der Waals surface area contributed by atoms with Gasteiger partial charge in [-0.2, -0.15) is 9.97 Å². The zero-order valence-corrected chi connectivity index (χ0v) is 15.4. The van der Waals surface area contributed by atoms with Gasteiger partial charge < -0.3 is 9.47 Å². The summed E-state index contributed by atoms with van der Waals surface area (Å²) >= 11 is 0. The van der Waals surface area contributed by atoms with E-state index >= 15 is 0 Å². The third kappa shape index (κ3) is 3.39. The van der Waals surface area contributed by atoms with Crippen molar-refractivity contribution in [3.8, 4) is 12.0 Å². The van der Waals surface area contributed by atoms with Crippen molar-refractivity contribution in [2.24, 2.45) is 5.14 Å². The minimum Gasteiger partial charge on any atom is -0.467 e. The van der Waals surface area contributed by atoms with E-state index in [1.807, 2.05) is 0 Å². The van der Waals surface area contributed by atoms with Crippen molar-refractivity contribution in [1.29, 1.82) is 0 Å². The second kappa shape index (κ2) is 6.81. The number of nitrogens with two attached hydrogens (primary N) is 1. The molecule has 0 saturated heterocycles. The minimum atomic E-state index is -4.19. The van der Waals surface area contributed by atoms with Crippen LogP contribution in [-0.4, -0.2) is 48.2 Å². The molecule has 1 aromatic carbocycles. The number of rotatable bonds is 4. The molecule has 0 spiro atoms. The average Bonchev–Trinajstić information content (AvgIpc) is 2.94. The number of aryl methyl sites for hydroxylation is 1. The smallest absolute Gasteiger partial charge is 0.333 e. The topological polar surface area (TPSA) is 151 Å². The van der Waals surface area contributed by atoms with Crippen LogP contribution in [0.3, 0.4) is 0 Å². The number of sulfonamides is 1. The maximum Gasteiger partial charge on any atom is 0.333 e. The van der Waals surface area contributed by atoms with Crippen LogP contribution in [0.1, 0.15) is 5.56 Å². The first-order valence-corrected chi connectivity index (χ1v) is 9.09. The second-order valence-corrected chi connectivity index (χ2v) is 6.87. The standard InChI is InChI=1S/C15H16N6O5S/c1-8-9-6-4-5-7-10(9)21(11(8)27(16,23)24)15(22)19-12-17-13(25-2)20-14(18-12)26-3/h4-7H,1-3H3,(H2,16,23,24)(H,17,18,19,20,22). The number of hydrogen-bond donors (Lipinski definition) is 2. The predicted octanol–water partition coefficient (Wildman–Crippen LogP) is 0.880. The number of anilines is 1. The average molecular weight is 392 g/mol. The summed E-state index contributed by atoms with van der Waals surface area (Å²) in [5, 5.41) is 7.99. The van der Waals surface area contributed by atoms with Gasteiger partial charge >= 0.3 is 18.1 Å². The summed E-state index contributed by atoms with van der Waals surface area (Å²) < 4.78 is 35.0. The van der Waals surface area contributed by atoms with E-state index in [2.05, 4.69) is 20.3 Å². The molecular weight excluding hydrogens is 376 g/mol. The zero-order valence-electron chi connectivity index (χ0n) is 14.6. The summed E-state index contributed by atoms with van der Waals surface area (Å²) in [6.07, 6.45) is 0. The number of methoxy groups -OCH3 is 2. The van der Waals surface area contributed by atoms with Gasteiger partial charge in [0.15, 0.2) is 5.03 Å². The first-order chi connectivity index (χ1) is 12.8. The van der Waals surface area contributed by atoms with Gasteiger partial charge in [0.05, 0.1) is 19.7 Å². The van der Waals surface area contributed by atoms with Gasteiger partial charge in [-0.25, -0.2) is 18.4 Å². The normalized spacial score (nSPS) is 11.4. The Hall–Kier alpha value is -3.25. The molecule has 2 heterocycles. The van der Waals surface area contributed by atoms with Crippen molar-refractivity contribution >= 4 is 32.9 Å². The number of para-hydroxylation sites is 1. The Labute approximate surface area is 154 Å². The van der Waals surface area contributed by atoms with Crippen LogP contribution < -0.4 is 19.9 Å². The number of nitrogens with one attached hydrogen (secondary N) is 1. The molecule has 142 valence electrons. The monoisotopic (exact) mass is 392 g/mol. The lowest BCUT2D eigenvalue weighted by Crippen LogP contribution is -2.27. The Balaban J connectivity index is 2.14. The summed E-state index contributed by atoms with van der Waals surface area (Å²) in [7, 11) is -1.52. The molecule has 27 heavy (non-hydrogen) atoms. The quantitative estimate of drug-likeness (QED) is 0.664. The highest BCUT2D eigenvalue weighted by atomic mass is 32.2. The van der Waals surface area contributed by atoms with Crippen LogP contribution in [0.4, 0.5) is 10.7 Å². The number of nitrogens with zero attached hydrogens (tertiary/aromatic N) is 4. The number of carbonyl (C=O) groups excluding carboxylic acids is 1. The molecule has 0 aliphatic heterocycles. The van der Waals surface area contributed by atoms with E-state index in [1.165, 1.54) is 14.2 Å². The number of primary sulfonamides is 1. The lowest BCUT2D eigenvalue weighted by molar-refractivity contribution is 0.252. The van der Waals surface area contributed by atoms with Crippen LogP contribution in [0.15, 0.2) is 29.3 Å². The fraction of sp³-hybridized carbons (Fsp3) is 0.200. The minimum absolute atomic E-state index is 0.0858. The molecule has 0 atom stereocenters. The number of ether oxygens (including phenoxy) is 2. The summed E-state index contributed by atoms with van der Waals surface area (Å²) in [6.45, 7) is 1.57. The lowest BCUT2D eigenvalue weighted by atomic mass is 10.2. The van der Waals surface area contributed by atoms with Gasteiger partial charge in [0, 0.05) is 5.39 Å². The summed E-state index contributed by atoms with van der Waals surface area (Å²) in [4.78, 5) is 24.5. The Bertz CT molecular complexity index is 1120. The maximum absolute atomic E-state index is 12.9. The summed E-state index contributed by atoms with van der Waals surface area (Å²) in [6, 6.07) is 5.71. The van der Waals surface area contributed by atoms with Crippen molar-refractivity contribution in [1.82, 2.24) is 19.5 Å². The van der Waals surface area contributed by atoms with Crippen LogP contribution in [-0.2, 0) is 10.0 Å². The molecule has 0 radical (unpaired) electrons. The van der Waals surface area contributed by atoms with Crippen LogP contribution in [0.5, 0.6) is 12.0 Å². The van der Waals surface area contributed by atoms with Gasteiger partial charge in [-0.3, -0.25) is 9.88 Å². The molecule has 0 unspecified atom stereocenters. The number of carbonyl (C=O) groups is 1. The van der Waals surface area contributed by atoms with Crippen molar-refractivity contribution in [2.75, 3.05) is 19.5 Å². The van der Waals surface area contributed by atoms with Gasteiger partial charge in [0.2, 0.25) is 5.95 Å². The van der Waals surface area contributed by atoms with E-state index in [1.54, 1.807) is 31.2 Å². The van der Waals surface area contributed by atoms with Gasteiger partial charge in [0.25, 0.3) is 10.0 Å². The summed E-state index contributed by atoms with van der Waals surface area (Å²) in [5.41, 5.74) is 0.721. The van der Waals surface area contributed by atoms with Gasteiger partial charge in [-0.15, -0.1) is 4.98 Å². The first kappa shape index (κ1) is 18.5. The van der Waals surface area contributed by atoms with Crippen LogP contribution in [0, 0.1) is 6.92 Å². The Morgan fingerprint density at radius 3 is 2.26 bits per heavy atom. The Morgan fingerprint density at radius 2 is 1.70 bits per heavy atom. The number of amides is 1. The molecular formula is C15H16N6O5S. The van der Waals surface area contributed by atoms with Gasteiger partial charge in [-0.05, 0) is 18.6 Å². The Morgan fingerprint density at radius 1 is 1.11 bits per heavy atom. The predicted molar refractivity (Wildman–Crippen MR) is 95.4 cm³/mol. The molecule has 1 amide bonds. The highest BCUT2D eigenvalue weighted by Crippen LogP contribution is 2.28. The van der Waals surface area contributed by atoms with Crippen LogP contribution >= 0.6 is 0 Å². The molecule has 3 rings (SSSR count). The van der Waals surface area contributed by atoms with Crippen molar-refractivity contribution in [2.45, 2.75) is 11.9 Å². The van der Waals surface area contributed by atoms with E-state index in [-0.39, 0.29) is 23.0 Å². The molecule has 0 aliphatic rings. The van der Waals surface area contributed by atoms with Gasteiger partial charge in [0.1, 0.15) is 0 Å². The molecule has 0 bridgehead atoms. The van der Waals surface area contributed by atoms with Crippen molar-refractivity contribution in [3.63, 3.8) is 0 Å². The van der Waals surface area contributed by atoms with Crippen molar-refractivity contribution in [3.05, 3.63) is 29.8 Å². The molecule has 3 N–H and O–H groups in total. The third-order valence-corrected chi connectivity index (χ3v) is 4.75. The SMILES string of the molecule is COc1nc(NC(=O)n2c(S(N)(=O)=O)c(C)c3ccccc32)nc(OC)n1. The highest BCUT2D eigenvalue weighted by Gasteiger charge is 2.26. The fourth-order valence-corrected chi connectivity index (χ4v) is 3.62. The second-order valence-electron chi connectivity index (χ2n) is 5.39. The first-order valence-electron chi connectivity index (χ1n) is 7.54. The molecule has 2 aromatic heterocycles. The van der Waals surface area contributed by atoms with E-state index < -0.39 is 16.1 Å². The molecule has 0 saturated carbocycles. The van der Waals surface area contributed by atoms with E-state index in [0.717, 1.165) is 4.57 Å². The molecule has 11 nitrogen and oxygen atoms in total. The number of hydrogen-bond acceptors (Lipinski definition) is 8. The maximum atomic E-state index is 12.9. The number of benzene rings is 1. The highest BCUT2D eigenvalue weighted by molar-refractivity contribution is 7.89. The molecule has 12 heteroatoms. The van der Waals surface area contributed by atoms with E-state index in [4.69, 9.17) is 14.6 Å². The molecule has 3 aromatic rings. The number of fused-ring (bicyclic) bond motifs is 1. The van der Waals surface area contributed by atoms with E-state index in [9.17, 15) is 13.2 Å². The summed E-state index contributed by atoms with van der Waals surface area (Å²) in [5.74, 6) is -0.181. The fourth-order valence-electron chi connectivity index (χ4n) is 2.65. The largest absolute Gasteiger partial charge is 0.467 e. The lowest BCUT2D eigenvalue weighted by Gasteiger charge is -2.10. The molecule has 0 fully saturated rings. The third-order valence-electron chi connectivity index (χ3n) is 3.72. The van der Waals surface area contributed by atoms with Crippen LogP contribution in [0.2, 0.25) is 0 Å². The molecule has 0 aliphatic carbocycles. The number of aromatic nitrogens is 4. The van der Waals surface area contributed by atoms with E-state index in [0.29, 0.717) is 16.5 Å². The zero-order chi connectivity index (χ0) is 19.8. The van der Waals surface area contributed by atoms with Gasteiger partial charge in [-0.1, -0.05) is 18.2 Å². The van der Waals surface area contributed by atoms with Crippen molar-refractivity contribution < 1.29 is 22.7 Å². The van der Waals surface area contributed by atoms with Crippen LogP contribution in [0.25, 0.3) is 10.9 Å².